The minimum absolute atomic E-state index is 0.170. The van der Waals surface area contributed by atoms with E-state index in [0.29, 0.717) is 18.1 Å². The number of hydrogen-bond donors (Lipinski definition) is 3. The molecule has 0 radical (unpaired) electrons. The van der Waals surface area contributed by atoms with Gasteiger partial charge in [0, 0.05) is 18.4 Å². The molecule has 2 aromatic carbocycles. The zero-order chi connectivity index (χ0) is 22.4. The average molecular weight is 442 g/mol. The molecule has 1 heterocycles. The summed E-state index contributed by atoms with van der Waals surface area (Å²) in [4.78, 5) is 20.2. The van der Waals surface area contributed by atoms with E-state index >= 15 is 0 Å². The first-order valence-electron chi connectivity index (χ1n) is 9.49. The van der Waals surface area contributed by atoms with Gasteiger partial charge in [-0.3, -0.25) is 4.79 Å². The second kappa shape index (κ2) is 9.43. The third-order valence-electron chi connectivity index (χ3n) is 4.26. The van der Waals surface area contributed by atoms with E-state index in [9.17, 15) is 13.2 Å². The zero-order valence-corrected chi connectivity index (χ0v) is 17.9. The molecule has 3 aromatic rings. The second-order valence-corrected chi connectivity index (χ2v) is 9.03. The minimum Gasteiger partial charge on any atom is -0.382 e. The first-order valence-corrected chi connectivity index (χ1v) is 11.0. The maximum Gasteiger partial charge on any atom is 0.311 e. The molecule has 4 N–H and O–H groups in total. The highest BCUT2D eigenvalue weighted by atomic mass is 32.2. The monoisotopic (exact) mass is 441 g/mol. The Morgan fingerprint density at radius 1 is 1.10 bits per heavy atom. The van der Waals surface area contributed by atoms with E-state index in [4.69, 9.17) is 9.92 Å². The van der Waals surface area contributed by atoms with E-state index in [0.717, 1.165) is 5.56 Å². The van der Waals surface area contributed by atoms with Crippen LogP contribution in [0.5, 0.6) is 5.75 Å². The smallest absolute Gasteiger partial charge is 0.311 e. The number of benzene rings is 2. The van der Waals surface area contributed by atoms with Crippen molar-refractivity contribution in [3.63, 3.8) is 0 Å². The molecule has 1 amide bonds. The van der Waals surface area contributed by atoms with E-state index in [-0.39, 0.29) is 17.3 Å². The van der Waals surface area contributed by atoms with E-state index in [1.807, 2.05) is 30.3 Å². The van der Waals surface area contributed by atoms with E-state index in [2.05, 4.69) is 20.6 Å². The molecule has 0 unspecified atom stereocenters. The topological polar surface area (TPSA) is 136 Å². The van der Waals surface area contributed by atoms with Gasteiger partial charge in [-0.2, -0.15) is 13.4 Å². The lowest BCUT2D eigenvalue weighted by atomic mass is 10.2. The van der Waals surface area contributed by atoms with Gasteiger partial charge in [-0.1, -0.05) is 30.3 Å². The predicted molar refractivity (Wildman–Crippen MR) is 119 cm³/mol. The molecule has 0 aliphatic heterocycles. The summed E-state index contributed by atoms with van der Waals surface area (Å²) in [6.07, 6.45) is 1.34. The lowest BCUT2D eigenvalue weighted by Gasteiger charge is -2.12. The molecule has 0 saturated carbocycles. The summed E-state index contributed by atoms with van der Waals surface area (Å²) < 4.78 is 28.8. The summed E-state index contributed by atoms with van der Waals surface area (Å²) in [6, 6.07) is 15.9. The van der Waals surface area contributed by atoms with Crippen LogP contribution >= 0.6 is 0 Å². The molecule has 0 bridgehead atoms. The third kappa shape index (κ3) is 5.92. The molecule has 0 spiro atoms. The Morgan fingerprint density at radius 3 is 2.39 bits per heavy atom. The number of anilines is 3. The summed E-state index contributed by atoms with van der Waals surface area (Å²) in [7, 11) is -3.67. The van der Waals surface area contributed by atoms with Crippen molar-refractivity contribution in [3.05, 3.63) is 71.9 Å². The molecule has 3 rings (SSSR count). The van der Waals surface area contributed by atoms with Gasteiger partial charge in [0.1, 0.15) is 11.6 Å². The van der Waals surface area contributed by atoms with Gasteiger partial charge in [0.05, 0.1) is 10.8 Å². The molecule has 31 heavy (non-hydrogen) atoms. The van der Waals surface area contributed by atoms with E-state index < -0.39 is 21.3 Å². The van der Waals surface area contributed by atoms with Crippen LogP contribution in [-0.4, -0.2) is 29.5 Å². The maximum atomic E-state index is 11.9. The number of carbonyl (C=O) groups is 1. The van der Waals surface area contributed by atoms with Crippen LogP contribution in [0.3, 0.4) is 0 Å². The van der Waals surface area contributed by atoms with Crippen molar-refractivity contribution in [2.75, 3.05) is 10.6 Å². The number of rotatable bonds is 9. The molecule has 0 atom stereocenters. The van der Waals surface area contributed by atoms with Crippen LogP contribution in [-0.2, 0) is 16.7 Å². The molecule has 10 heteroatoms. The Balaban J connectivity index is 1.74. The zero-order valence-electron chi connectivity index (χ0n) is 17.1. The Kier molecular flexibility index (Phi) is 6.71. The number of nitrogens with zero attached hydrogens (tertiary/aromatic N) is 2. The molecule has 0 fully saturated rings. The maximum absolute atomic E-state index is 11.9. The van der Waals surface area contributed by atoms with Gasteiger partial charge in [-0.25, -0.2) is 4.98 Å². The second-order valence-electron chi connectivity index (χ2n) is 6.93. The number of amides is 1. The summed E-state index contributed by atoms with van der Waals surface area (Å²) in [6.45, 7) is 3.54. The Labute approximate surface area is 180 Å². The van der Waals surface area contributed by atoms with Crippen LogP contribution in [0, 0.1) is 0 Å². The number of nitrogens with two attached hydrogens (primary N) is 1. The first kappa shape index (κ1) is 22.0. The quantitative estimate of drug-likeness (QED) is 0.431. The number of hydrogen-bond acceptors (Lipinski definition) is 8. The molecule has 0 saturated heterocycles. The predicted octanol–water partition coefficient (Wildman–Crippen LogP) is 3.05. The van der Waals surface area contributed by atoms with Crippen molar-refractivity contribution in [1.29, 1.82) is 0 Å². The highest BCUT2D eigenvalue weighted by molar-refractivity contribution is 7.87. The standard InChI is InChI=1S/C21H23N5O4S/c1-14(2)31(28,29)30-17-10-8-16(9-11-17)25-21-24-13-18(19(22)27)20(26-21)23-12-15-6-4-3-5-7-15/h3-11,13-14H,12H2,1-2H3,(H2,22,27)(H2,23,24,25,26). The minimum atomic E-state index is -3.67. The molecular formula is C21H23N5O4S. The van der Waals surface area contributed by atoms with Gasteiger partial charge in [0.2, 0.25) is 5.95 Å². The van der Waals surface area contributed by atoms with Crippen LogP contribution in [0.4, 0.5) is 17.5 Å². The van der Waals surface area contributed by atoms with Crippen LogP contribution in [0.15, 0.2) is 60.8 Å². The molecule has 0 aliphatic rings. The lowest BCUT2D eigenvalue weighted by Crippen LogP contribution is -2.19. The summed E-state index contributed by atoms with van der Waals surface area (Å²) >= 11 is 0. The van der Waals surface area contributed by atoms with Crippen molar-refractivity contribution < 1.29 is 17.4 Å². The van der Waals surface area contributed by atoms with Crippen LogP contribution < -0.4 is 20.6 Å². The van der Waals surface area contributed by atoms with Gasteiger partial charge >= 0.3 is 10.1 Å². The summed E-state index contributed by atoms with van der Waals surface area (Å²) in [5, 5.41) is 5.46. The number of primary amides is 1. The average Bonchev–Trinajstić information content (AvgIpc) is 2.74. The highest BCUT2D eigenvalue weighted by Gasteiger charge is 2.18. The van der Waals surface area contributed by atoms with E-state index in [1.54, 1.807) is 26.0 Å². The van der Waals surface area contributed by atoms with Crippen molar-refractivity contribution >= 4 is 33.5 Å². The first-order chi connectivity index (χ1) is 14.7. The molecule has 9 nitrogen and oxygen atoms in total. The van der Waals surface area contributed by atoms with Crippen LogP contribution in [0.25, 0.3) is 0 Å². The fraction of sp³-hybridized carbons (Fsp3) is 0.190. The number of nitrogens with one attached hydrogen (secondary N) is 2. The Bertz CT molecular complexity index is 1150. The molecule has 162 valence electrons. The fourth-order valence-electron chi connectivity index (χ4n) is 2.49. The highest BCUT2D eigenvalue weighted by Crippen LogP contribution is 2.22. The van der Waals surface area contributed by atoms with Gasteiger partial charge in [-0.15, -0.1) is 0 Å². The van der Waals surface area contributed by atoms with Gasteiger partial charge in [0.25, 0.3) is 5.91 Å². The van der Waals surface area contributed by atoms with E-state index in [1.165, 1.54) is 18.3 Å². The van der Waals surface area contributed by atoms with Crippen molar-refractivity contribution in [2.24, 2.45) is 5.73 Å². The number of carbonyl (C=O) groups excluding carboxylic acids is 1. The van der Waals surface area contributed by atoms with Crippen molar-refractivity contribution in [2.45, 2.75) is 25.6 Å². The van der Waals surface area contributed by atoms with Gasteiger partial charge in [-0.05, 0) is 43.7 Å². The van der Waals surface area contributed by atoms with Crippen LogP contribution in [0.1, 0.15) is 29.8 Å². The Hall–Kier alpha value is -3.66. The molecular weight excluding hydrogens is 418 g/mol. The Morgan fingerprint density at radius 2 is 1.77 bits per heavy atom. The SMILES string of the molecule is CC(C)S(=O)(=O)Oc1ccc(Nc2ncc(C(N)=O)c(NCc3ccccc3)n2)cc1. The summed E-state index contributed by atoms with van der Waals surface area (Å²) in [5.41, 5.74) is 7.22. The largest absolute Gasteiger partial charge is 0.382 e. The lowest BCUT2D eigenvalue weighted by molar-refractivity contribution is 0.100. The molecule has 0 aliphatic carbocycles. The van der Waals surface area contributed by atoms with Crippen molar-refractivity contribution in [3.8, 4) is 5.75 Å². The number of aromatic nitrogens is 2. The summed E-state index contributed by atoms with van der Waals surface area (Å²) in [5.74, 6) is 0.102. The van der Waals surface area contributed by atoms with Crippen molar-refractivity contribution in [1.82, 2.24) is 9.97 Å². The van der Waals surface area contributed by atoms with Gasteiger partial charge in [0.15, 0.2) is 0 Å². The van der Waals surface area contributed by atoms with Gasteiger partial charge < -0.3 is 20.6 Å². The molecule has 1 aromatic heterocycles. The fourth-order valence-corrected chi connectivity index (χ4v) is 3.06. The van der Waals surface area contributed by atoms with Crippen LogP contribution in [0.2, 0.25) is 0 Å². The normalized spacial score (nSPS) is 11.2. The third-order valence-corrected chi connectivity index (χ3v) is 5.84.